The van der Waals surface area contributed by atoms with Gasteiger partial charge in [-0.1, -0.05) is 0 Å². The highest BCUT2D eigenvalue weighted by Crippen LogP contribution is 2.21. The van der Waals surface area contributed by atoms with Crippen LogP contribution >= 0.6 is 0 Å². The van der Waals surface area contributed by atoms with E-state index in [1.165, 1.54) is 6.26 Å². The van der Waals surface area contributed by atoms with Gasteiger partial charge in [0, 0.05) is 12.3 Å². The number of hydrogen-bond acceptors (Lipinski definition) is 4. The molecule has 1 aliphatic rings. The standard InChI is InChI=1S/C10H16N4O2S/c1-6(8(11)15)9(13-7-4-5-7)14-10(12-2)17(3)16/h7,13H,2,4-5H2,1,3H3,(H2,11,15)/b9-6+,14-10?. The maximum absolute atomic E-state index is 11.3. The number of aliphatic imine (C=N–C) groups is 2. The zero-order valence-electron chi connectivity index (χ0n) is 9.90. The number of rotatable bonds is 4. The Labute approximate surface area is 103 Å². The lowest BCUT2D eigenvalue weighted by Gasteiger charge is -2.08. The number of carbonyl (C=O) groups is 1. The molecule has 1 unspecified atom stereocenters. The zero-order valence-corrected chi connectivity index (χ0v) is 10.7. The van der Waals surface area contributed by atoms with Crippen LogP contribution in [0, 0.1) is 0 Å². The number of amidine groups is 1. The van der Waals surface area contributed by atoms with E-state index in [0.717, 1.165) is 12.8 Å². The molecule has 0 spiro atoms. The van der Waals surface area contributed by atoms with Crippen LogP contribution in [0.5, 0.6) is 0 Å². The second kappa shape index (κ2) is 5.72. The van der Waals surface area contributed by atoms with E-state index in [-0.39, 0.29) is 5.17 Å². The third-order valence-corrected chi connectivity index (χ3v) is 2.98. The molecule has 0 aromatic carbocycles. The first-order chi connectivity index (χ1) is 7.95. The SMILES string of the molecule is C=NC(=N/C(NC1CC1)=C(\C)C(N)=O)S(C)=O. The van der Waals surface area contributed by atoms with E-state index in [4.69, 9.17) is 5.73 Å². The molecule has 0 aromatic heterocycles. The van der Waals surface area contributed by atoms with Gasteiger partial charge in [-0.2, -0.15) is 0 Å². The van der Waals surface area contributed by atoms with E-state index >= 15 is 0 Å². The van der Waals surface area contributed by atoms with Gasteiger partial charge in [-0.3, -0.25) is 9.00 Å². The van der Waals surface area contributed by atoms with E-state index in [1.807, 2.05) is 0 Å². The van der Waals surface area contributed by atoms with Crippen molar-refractivity contribution in [3.8, 4) is 0 Å². The number of hydrogen-bond donors (Lipinski definition) is 2. The number of amides is 1. The Morgan fingerprint density at radius 3 is 2.47 bits per heavy atom. The summed E-state index contributed by atoms with van der Waals surface area (Å²) >= 11 is 0. The Morgan fingerprint density at radius 1 is 1.53 bits per heavy atom. The number of primary amides is 1. The molecule has 1 saturated carbocycles. The van der Waals surface area contributed by atoms with Crippen molar-refractivity contribution in [2.45, 2.75) is 25.8 Å². The molecule has 3 N–H and O–H groups in total. The number of nitrogens with two attached hydrogens (primary N) is 1. The number of carbonyl (C=O) groups excluding carboxylic acids is 1. The molecule has 1 fully saturated rings. The second-order valence-electron chi connectivity index (χ2n) is 3.76. The van der Waals surface area contributed by atoms with Crippen molar-refractivity contribution in [1.29, 1.82) is 0 Å². The van der Waals surface area contributed by atoms with Crippen LogP contribution < -0.4 is 11.1 Å². The summed E-state index contributed by atoms with van der Waals surface area (Å²) in [6.07, 6.45) is 3.50. The van der Waals surface area contributed by atoms with Gasteiger partial charge in [0.15, 0.2) is 0 Å². The highest BCUT2D eigenvalue weighted by molar-refractivity contribution is 7.99. The molecule has 17 heavy (non-hydrogen) atoms. The monoisotopic (exact) mass is 256 g/mol. The molecule has 0 saturated heterocycles. The van der Waals surface area contributed by atoms with Gasteiger partial charge in [0.05, 0.1) is 16.4 Å². The zero-order chi connectivity index (χ0) is 13.0. The summed E-state index contributed by atoms with van der Waals surface area (Å²) in [5, 5.41) is 3.14. The molecule has 1 aliphatic carbocycles. The van der Waals surface area contributed by atoms with Crippen LogP contribution in [0.2, 0.25) is 0 Å². The third kappa shape index (κ3) is 4.10. The van der Waals surface area contributed by atoms with Crippen LogP contribution in [0.25, 0.3) is 0 Å². The summed E-state index contributed by atoms with van der Waals surface area (Å²) in [5.41, 5.74) is 5.49. The normalized spacial score (nSPS) is 19.3. The van der Waals surface area contributed by atoms with Gasteiger partial charge in [-0.15, -0.1) is 0 Å². The highest BCUT2D eigenvalue weighted by Gasteiger charge is 2.23. The third-order valence-electron chi connectivity index (χ3n) is 2.24. The molecule has 0 radical (unpaired) electrons. The van der Waals surface area contributed by atoms with Gasteiger partial charge in [-0.05, 0) is 26.5 Å². The Hall–Kier alpha value is -1.50. The van der Waals surface area contributed by atoms with Crippen LogP contribution in [-0.4, -0.2) is 34.3 Å². The van der Waals surface area contributed by atoms with Crippen molar-refractivity contribution in [3.05, 3.63) is 11.4 Å². The first-order valence-electron chi connectivity index (χ1n) is 5.11. The molecule has 0 heterocycles. The molecule has 1 amide bonds. The van der Waals surface area contributed by atoms with Crippen molar-refractivity contribution >= 4 is 28.6 Å². The van der Waals surface area contributed by atoms with Crippen molar-refractivity contribution in [1.82, 2.24) is 5.32 Å². The summed E-state index contributed by atoms with van der Waals surface area (Å²) in [6, 6.07) is 0.305. The molecule has 94 valence electrons. The van der Waals surface area contributed by atoms with Crippen molar-refractivity contribution in [3.63, 3.8) is 0 Å². The van der Waals surface area contributed by atoms with Crippen molar-refractivity contribution in [2.75, 3.05) is 6.26 Å². The number of nitrogens with zero attached hydrogens (tertiary/aromatic N) is 2. The van der Waals surface area contributed by atoms with Crippen molar-refractivity contribution < 1.29 is 9.00 Å². The first-order valence-corrected chi connectivity index (χ1v) is 6.67. The topological polar surface area (TPSA) is 96.9 Å². The van der Waals surface area contributed by atoms with E-state index in [9.17, 15) is 9.00 Å². The Bertz CT molecular complexity index is 424. The molecule has 0 aromatic rings. The maximum atomic E-state index is 11.3. The summed E-state index contributed by atoms with van der Waals surface area (Å²) in [7, 11) is -1.35. The minimum absolute atomic E-state index is 0.0775. The molecule has 0 aliphatic heterocycles. The van der Waals surface area contributed by atoms with Crippen LogP contribution in [0.4, 0.5) is 0 Å². The van der Waals surface area contributed by atoms with Gasteiger partial charge in [0.25, 0.3) is 0 Å². The fraction of sp³-hybridized carbons (Fsp3) is 0.500. The van der Waals surface area contributed by atoms with E-state index in [2.05, 4.69) is 22.0 Å². The van der Waals surface area contributed by atoms with E-state index in [0.29, 0.717) is 17.4 Å². The predicted molar refractivity (Wildman–Crippen MR) is 69.1 cm³/mol. The number of nitrogens with one attached hydrogen (secondary N) is 1. The van der Waals surface area contributed by atoms with Crippen LogP contribution in [0.3, 0.4) is 0 Å². The van der Waals surface area contributed by atoms with Crippen molar-refractivity contribution in [2.24, 2.45) is 15.7 Å². The van der Waals surface area contributed by atoms with Gasteiger partial charge in [0.1, 0.15) is 5.82 Å². The Kier molecular flexibility index (Phi) is 4.56. The average Bonchev–Trinajstić information content (AvgIpc) is 3.06. The molecular formula is C10H16N4O2S. The fourth-order valence-corrected chi connectivity index (χ4v) is 1.45. The highest BCUT2D eigenvalue weighted by atomic mass is 32.2. The summed E-state index contributed by atoms with van der Waals surface area (Å²) in [5.74, 6) is -0.236. The summed E-state index contributed by atoms with van der Waals surface area (Å²) < 4.78 is 11.3. The molecule has 7 heteroatoms. The Balaban J connectivity index is 3.04. The second-order valence-corrected chi connectivity index (χ2v) is 5.04. The quantitative estimate of drug-likeness (QED) is 0.417. The van der Waals surface area contributed by atoms with Crippen LogP contribution in [0.15, 0.2) is 21.4 Å². The van der Waals surface area contributed by atoms with E-state index < -0.39 is 16.7 Å². The lowest BCUT2D eigenvalue weighted by Crippen LogP contribution is -2.23. The van der Waals surface area contributed by atoms with E-state index in [1.54, 1.807) is 6.92 Å². The molecule has 6 nitrogen and oxygen atoms in total. The minimum atomic E-state index is -1.35. The predicted octanol–water partition coefficient (Wildman–Crippen LogP) is -0.110. The molecule has 1 atom stereocenters. The Morgan fingerprint density at radius 2 is 2.12 bits per heavy atom. The largest absolute Gasteiger partial charge is 0.367 e. The lowest BCUT2D eigenvalue weighted by molar-refractivity contribution is -0.114. The lowest BCUT2D eigenvalue weighted by atomic mass is 10.3. The van der Waals surface area contributed by atoms with Crippen LogP contribution in [0.1, 0.15) is 19.8 Å². The average molecular weight is 256 g/mol. The van der Waals surface area contributed by atoms with Gasteiger partial charge < -0.3 is 11.1 Å². The molecule has 0 bridgehead atoms. The van der Waals surface area contributed by atoms with Gasteiger partial charge in [-0.25, -0.2) is 9.98 Å². The fourth-order valence-electron chi connectivity index (χ4n) is 1.05. The minimum Gasteiger partial charge on any atom is -0.367 e. The molecular weight excluding hydrogens is 240 g/mol. The molecule has 1 rings (SSSR count). The van der Waals surface area contributed by atoms with Gasteiger partial charge in [0.2, 0.25) is 11.1 Å². The maximum Gasteiger partial charge on any atom is 0.248 e. The smallest absolute Gasteiger partial charge is 0.248 e. The summed E-state index contributed by atoms with van der Waals surface area (Å²) in [4.78, 5) is 18.7. The first kappa shape index (κ1) is 13.6. The van der Waals surface area contributed by atoms with Crippen LogP contribution in [-0.2, 0) is 15.6 Å². The summed E-state index contributed by atoms with van der Waals surface area (Å²) in [6.45, 7) is 4.86. The van der Waals surface area contributed by atoms with Gasteiger partial charge >= 0.3 is 0 Å².